The van der Waals surface area contributed by atoms with E-state index in [1.807, 2.05) is 18.2 Å². The molecule has 0 saturated heterocycles. The van der Waals surface area contributed by atoms with Gasteiger partial charge in [0, 0.05) is 12.7 Å². The van der Waals surface area contributed by atoms with Crippen LogP contribution in [0.15, 0.2) is 77.4 Å². The number of hydrogen-bond acceptors (Lipinski definition) is 4. The molecular weight excluding hydrogens is 344 g/mol. The zero-order valence-corrected chi connectivity index (χ0v) is 14.9. The van der Waals surface area contributed by atoms with Crippen LogP contribution in [0.2, 0.25) is 0 Å². The molecule has 0 aliphatic rings. The molecule has 138 valence electrons. The molecule has 0 aliphatic carbocycles. The molecule has 0 unspecified atom stereocenters. The SMILES string of the molecule is CN(Cc1ccco1)C(=O)COc1ccccc1C(=O)Nc1ccccc1. The van der Waals surface area contributed by atoms with Gasteiger partial charge >= 0.3 is 0 Å². The molecule has 2 amide bonds. The predicted octanol–water partition coefficient (Wildman–Crippen LogP) is 3.57. The van der Waals surface area contributed by atoms with Crippen LogP contribution in [0.3, 0.4) is 0 Å². The average Bonchev–Trinajstić information content (AvgIpc) is 3.20. The van der Waals surface area contributed by atoms with Crippen LogP contribution in [0.5, 0.6) is 5.75 Å². The highest BCUT2D eigenvalue weighted by Crippen LogP contribution is 2.20. The smallest absolute Gasteiger partial charge is 0.260 e. The highest BCUT2D eigenvalue weighted by atomic mass is 16.5. The molecule has 0 fully saturated rings. The largest absolute Gasteiger partial charge is 0.483 e. The van der Waals surface area contributed by atoms with Gasteiger partial charge in [-0.05, 0) is 36.4 Å². The Balaban J connectivity index is 1.62. The number of furan rings is 1. The quantitative estimate of drug-likeness (QED) is 0.696. The Hall–Kier alpha value is -3.54. The number of hydrogen-bond donors (Lipinski definition) is 1. The lowest BCUT2D eigenvalue weighted by molar-refractivity contribution is -0.132. The number of likely N-dealkylation sites (N-methyl/N-ethyl adjacent to an activating group) is 1. The van der Waals surface area contributed by atoms with Crippen molar-refractivity contribution in [3.63, 3.8) is 0 Å². The van der Waals surface area contributed by atoms with Crippen molar-refractivity contribution in [2.75, 3.05) is 19.0 Å². The highest BCUT2D eigenvalue weighted by Gasteiger charge is 2.16. The number of rotatable bonds is 7. The van der Waals surface area contributed by atoms with Gasteiger partial charge in [0.1, 0.15) is 11.5 Å². The number of amides is 2. The van der Waals surface area contributed by atoms with Crippen LogP contribution in [0, 0.1) is 0 Å². The number of benzene rings is 2. The first-order chi connectivity index (χ1) is 13.1. The van der Waals surface area contributed by atoms with E-state index in [1.54, 1.807) is 61.8 Å². The molecule has 27 heavy (non-hydrogen) atoms. The van der Waals surface area contributed by atoms with Gasteiger partial charge in [-0.3, -0.25) is 9.59 Å². The maximum absolute atomic E-state index is 12.5. The standard InChI is InChI=1S/C21H20N2O4/c1-23(14-17-10-7-13-26-17)20(24)15-27-19-12-6-5-11-18(19)21(25)22-16-8-3-2-4-9-16/h2-13H,14-15H2,1H3,(H,22,25). The van der Waals surface area contributed by atoms with E-state index >= 15 is 0 Å². The minimum atomic E-state index is -0.298. The van der Waals surface area contributed by atoms with Crippen LogP contribution < -0.4 is 10.1 Å². The van der Waals surface area contributed by atoms with Gasteiger partial charge in [0.15, 0.2) is 6.61 Å². The van der Waals surface area contributed by atoms with E-state index in [9.17, 15) is 9.59 Å². The lowest BCUT2D eigenvalue weighted by atomic mass is 10.2. The second-order valence-corrected chi connectivity index (χ2v) is 5.93. The van der Waals surface area contributed by atoms with Crippen LogP contribution in [0.25, 0.3) is 0 Å². The van der Waals surface area contributed by atoms with E-state index in [1.165, 1.54) is 4.90 Å². The maximum atomic E-state index is 12.5. The van der Waals surface area contributed by atoms with E-state index in [4.69, 9.17) is 9.15 Å². The average molecular weight is 364 g/mol. The Morgan fingerprint density at radius 2 is 1.74 bits per heavy atom. The lowest BCUT2D eigenvalue weighted by Crippen LogP contribution is -2.31. The molecule has 1 N–H and O–H groups in total. The van der Waals surface area contributed by atoms with Crippen molar-refractivity contribution in [2.24, 2.45) is 0 Å². The van der Waals surface area contributed by atoms with Gasteiger partial charge in [-0.2, -0.15) is 0 Å². The van der Waals surface area contributed by atoms with Crippen molar-refractivity contribution >= 4 is 17.5 Å². The monoisotopic (exact) mass is 364 g/mol. The number of nitrogens with one attached hydrogen (secondary N) is 1. The van der Waals surface area contributed by atoms with Gasteiger partial charge < -0.3 is 19.4 Å². The zero-order chi connectivity index (χ0) is 19.1. The lowest BCUT2D eigenvalue weighted by Gasteiger charge is -2.17. The molecule has 0 aliphatic heterocycles. The summed E-state index contributed by atoms with van der Waals surface area (Å²) in [6, 6.07) is 19.5. The molecule has 6 heteroatoms. The summed E-state index contributed by atoms with van der Waals surface area (Å²) >= 11 is 0. The molecule has 2 aromatic carbocycles. The van der Waals surface area contributed by atoms with Crippen LogP contribution in [0.1, 0.15) is 16.1 Å². The first kappa shape index (κ1) is 18.3. The van der Waals surface area contributed by atoms with Crippen molar-refractivity contribution in [3.05, 3.63) is 84.3 Å². The predicted molar refractivity (Wildman–Crippen MR) is 102 cm³/mol. The van der Waals surface area contributed by atoms with E-state index in [0.717, 1.165) is 0 Å². The van der Waals surface area contributed by atoms with Crippen LogP contribution in [-0.4, -0.2) is 30.4 Å². The summed E-state index contributed by atoms with van der Waals surface area (Å²) in [6.07, 6.45) is 1.56. The summed E-state index contributed by atoms with van der Waals surface area (Å²) in [5.41, 5.74) is 1.05. The van der Waals surface area contributed by atoms with Gasteiger partial charge in [-0.1, -0.05) is 30.3 Å². The first-order valence-corrected chi connectivity index (χ1v) is 8.48. The number of nitrogens with zero attached hydrogens (tertiary/aromatic N) is 1. The molecular formula is C21H20N2O4. The molecule has 0 atom stereocenters. The summed E-state index contributed by atoms with van der Waals surface area (Å²) in [7, 11) is 1.67. The number of carbonyl (C=O) groups excluding carboxylic acids is 2. The minimum Gasteiger partial charge on any atom is -0.483 e. The summed E-state index contributed by atoms with van der Waals surface area (Å²) in [5.74, 6) is 0.525. The first-order valence-electron chi connectivity index (χ1n) is 8.48. The molecule has 0 saturated carbocycles. The fraction of sp³-hybridized carbons (Fsp3) is 0.143. The third kappa shape index (κ3) is 4.98. The molecule has 1 heterocycles. The number of carbonyl (C=O) groups is 2. The number of para-hydroxylation sites is 2. The molecule has 6 nitrogen and oxygen atoms in total. The molecule has 0 spiro atoms. The van der Waals surface area contributed by atoms with Gasteiger partial charge in [0.25, 0.3) is 11.8 Å². The Labute approximate surface area is 157 Å². The van der Waals surface area contributed by atoms with Gasteiger partial charge in [0.2, 0.25) is 0 Å². The van der Waals surface area contributed by atoms with Crippen molar-refractivity contribution in [1.29, 1.82) is 0 Å². The topological polar surface area (TPSA) is 71.8 Å². The molecule has 0 radical (unpaired) electrons. The van der Waals surface area contributed by atoms with Crippen molar-refractivity contribution in [3.8, 4) is 5.75 Å². The van der Waals surface area contributed by atoms with Crippen molar-refractivity contribution in [1.82, 2.24) is 4.90 Å². The van der Waals surface area contributed by atoms with E-state index in [-0.39, 0.29) is 18.4 Å². The Kier molecular flexibility index (Phi) is 5.89. The van der Waals surface area contributed by atoms with Gasteiger partial charge in [0.05, 0.1) is 18.4 Å². The highest BCUT2D eigenvalue weighted by molar-refractivity contribution is 6.06. The third-order valence-electron chi connectivity index (χ3n) is 3.91. The molecule has 1 aromatic heterocycles. The minimum absolute atomic E-state index is 0.174. The molecule has 0 bridgehead atoms. The molecule has 3 aromatic rings. The van der Waals surface area contributed by atoms with E-state index in [2.05, 4.69) is 5.32 Å². The van der Waals surface area contributed by atoms with Crippen LogP contribution >= 0.6 is 0 Å². The third-order valence-corrected chi connectivity index (χ3v) is 3.91. The van der Waals surface area contributed by atoms with Crippen LogP contribution in [-0.2, 0) is 11.3 Å². The Morgan fingerprint density at radius 1 is 1.00 bits per heavy atom. The number of ether oxygens (including phenoxy) is 1. The van der Waals surface area contributed by atoms with Gasteiger partial charge in [-0.25, -0.2) is 0 Å². The van der Waals surface area contributed by atoms with E-state index in [0.29, 0.717) is 29.3 Å². The fourth-order valence-corrected chi connectivity index (χ4v) is 2.47. The molecule has 3 rings (SSSR count). The number of anilines is 1. The Morgan fingerprint density at radius 3 is 2.48 bits per heavy atom. The maximum Gasteiger partial charge on any atom is 0.260 e. The van der Waals surface area contributed by atoms with Crippen molar-refractivity contribution in [2.45, 2.75) is 6.54 Å². The summed E-state index contributed by atoms with van der Waals surface area (Å²) in [4.78, 5) is 26.3. The van der Waals surface area contributed by atoms with Crippen LogP contribution in [0.4, 0.5) is 5.69 Å². The summed E-state index contributed by atoms with van der Waals surface area (Å²) < 4.78 is 10.9. The summed E-state index contributed by atoms with van der Waals surface area (Å²) in [6.45, 7) is 0.179. The fourth-order valence-electron chi connectivity index (χ4n) is 2.47. The van der Waals surface area contributed by atoms with Gasteiger partial charge in [-0.15, -0.1) is 0 Å². The zero-order valence-electron chi connectivity index (χ0n) is 14.9. The van der Waals surface area contributed by atoms with E-state index < -0.39 is 0 Å². The summed E-state index contributed by atoms with van der Waals surface area (Å²) in [5, 5.41) is 2.81. The Bertz CT molecular complexity index is 892. The second kappa shape index (κ2) is 8.71. The second-order valence-electron chi connectivity index (χ2n) is 5.93. The van der Waals surface area contributed by atoms with Crippen molar-refractivity contribution < 1.29 is 18.7 Å². The normalized spacial score (nSPS) is 10.3.